The number of hydrogen-bond donors (Lipinski definition) is 2. The van der Waals surface area contributed by atoms with E-state index >= 15 is 0 Å². The molecule has 2 aromatic heterocycles. The minimum absolute atomic E-state index is 0.0171. The Morgan fingerprint density at radius 1 is 1.53 bits per heavy atom. The summed E-state index contributed by atoms with van der Waals surface area (Å²) in [6, 6.07) is 1.98. The van der Waals surface area contributed by atoms with Crippen molar-refractivity contribution in [3.05, 3.63) is 24.7 Å². The van der Waals surface area contributed by atoms with Crippen LogP contribution in [0.15, 0.2) is 24.7 Å². The zero-order valence-corrected chi connectivity index (χ0v) is 11.3. The van der Waals surface area contributed by atoms with Crippen LogP contribution in [0.5, 0.6) is 0 Å². The van der Waals surface area contributed by atoms with Crippen molar-refractivity contribution in [3.63, 3.8) is 0 Å². The van der Waals surface area contributed by atoms with Crippen molar-refractivity contribution in [1.29, 1.82) is 0 Å². The van der Waals surface area contributed by atoms with E-state index in [2.05, 4.69) is 22.3 Å². The lowest BCUT2D eigenvalue weighted by Gasteiger charge is -2.40. The van der Waals surface area contributed by atoms with E-state index in [-0.39, 0.29) is 5.54 Å². The van der Waals surface area contributed by atoms with Gasteiger partial charge in [0.1, 0.15) is 5.52 Å². The molecule has 0 saturated heterocycles. The number of rotatable bonds is 3. The lowest BCUT2D eigenvalue weighted by molar-refractivity contribution is 0.263. The molecule has 0 bridgehead atoms. The Morgan fingerprint density at radius 3 is 3.21 bits per heavy atom. The first-order valence-corrected chi connectivity index (χ1v) is 6.99. The van der Waals surface area contributed by atoms with Crippen molar-refractivity contribution < 1.29 is 0 Å². The molecule has 102 valence electrons. The second-order valence-corrected chi connectivity index (χ2v) is 5.75. The number of nitrogens with zero attached hydrogens (tertiary/aromatic N) is 3. The molecule has 0 amide bonds. The van der Waals surface area contributed by atoms with E-state index in [0.717, 1.165) is 30.1 Å². The first-order chi connectivity index (χ1) is 9.22. The minimum Gasteiger partial charge on any atom is -0.362 e. The molecular weight excluding hydrogens is 238 g/mol. The molecule has 1 saturated carbocycles. The lowest BCUT2D eigenvalue weighted by Crippen LogP contribution is -2.49. The van der Waals surface area contributed by atoms with Gasteiger partial charge in [0, 0.05) is 18.9 Å². The molecule has 2 unspecified atom stereocenters. The molecule has 19 heavy (non-hydrogen) atoms. The van der Waals surface area contributed by atoms with Crippen molar-refractivity contribution in [3.8, 4) is 0 Å². The summed E-state index contributed by atoms with van der Waals surface area (Å²) in [4.78, 5) is 4.46. The van der Waals surface area contributed by atoms with Crippen LogP contribution in [0.1, 0.15) is 32.6 Å². The van der Waals surface area contributed by atoms with Crippen LogP contribution >= 0.6 is 0 Å². The van der Waals surface area contributed by atoms with Gasteiger partial charge in [-0.05, 0) is 24.8 Å². The maximum atomic E-state index is 6.05. The van der Waals surface area contributed by atoms with Crippen LogP contribution < -0.4 is 11.1 Å². The van der Waals surface area contributed by atoms with E-state index in [4.69, 9.17) is 5.73 Å². The molecule has 0 radical (unpaired) electrons. The topological polar surface area (TPSA) is 68.2 Å². The fourth-order valence-electron chi connectivity index (χ4n) is 3.22. The van der Waals surface area contributed by atoms with Gasteiger partial charge in [0.2, 0.25) is 0 Å². The van der Waals surface area contributed by atoms with Crippen molar-refractivity contribution in [1.82, 2.24) is 14.6 Å². The Bertz CT molecular complexity index is 564. The molecule has 0 aromatic carbocycles. The summed E-state index contributed by atoms with van der Waals surface area (Å²) in [5.74, 6) is 1.61. The summed E-state index contributed by atoms with van der Waals surface area (Å²) < 4.78 is 1.84. The van der Waals surface area contributed by atoms with E-state index in [9.17, 15) is 0 Å². The minimum atomic E-state index is -0.0171. The standard InChI is InChI=1S/C14H21N5/c1-11-3-2-5-14(9-11,10-15)18-13-12-4-6-17-19(12)8-7-16-13/h4,6-8,11H,2-3,5,9-10,15H2,1H3,(H,16,18). The zero-order valence-electron chi connectivity index (χ0n) is 11.3. The van der Waals surface area contributed by atoms with Gasteiger partial charge in [0.15, 0.2) is 5.82 Å². The second-order valence-electron chi connectivity index (χ2n) is 5.75. The molecule has 5 nitrogen and oxygen atoms in total. The molecule has 0 aliphatic heterocycles. The van der Waals surface area contributed by atoms with Gasteiger partial charge in [-0.2, -0.15) is 5.10 Å². The van der Waals surface area contributed by atoms with Gasteiger partial charge in [0.05, 0.1) is 11.7 Å². The van der Waals surface area contributed by atoms with Gasteiger partial charge >= 0.3 is 0 Å². The molecule has 5 heteroatoms. The van der Waals surface area contributed by atoms with Crippen LogP contribution in [-0.2, 0) is 0 Å². The predicted octanol–water partition coefficient (Wildman–Crippen LogP) is 2.05. The molecule has 3 rings (SSSR count). The average Bonchev–Trinajstić information content (AvgIpc) is 2.88. The fourth-order valence-corrected chi connectivity index (χ4v) is 3.22. The molecule has 2 atom stereocenters. The lowest BCUT2D eigenvalue weighted by atomic mass is 9.76. The summed E-state index contributed by atoms with van der Waals surface area (Å²) in [5.41, 5.74) is 7.05. The van der Waals surface area contributed by atoms with Crippen LogP contribution in [0.2, 0.25) is 0 Å². The van der Waals surface area contributed by atoms with Crippen molar-refractivity contribution in [2.75, 3.05) is 11.9 Å². The summed E-state index contributed by atoms with van der Waals surface area (Å²) in [6.45, 7) is 2.95. The molecule has 1 aliphatic rings. The third kappa shape index (κ3) is 2.30. The highest BCUT2D eigenvalue weighted by molar-refractivity contribution is 5.67. The number of nitrogens with two attached hydrogens (primary N) is 1. The fraction of sp³-hybridized carbons (Fsp3) is 0.571. The van der Waals surface area contributed by atoms with Gasteiger partial charge in [-0.25, -0.2) is 9.50 Å². The summed E-state index contributed by atoms with van der Waals surface area (Å²) >= 11 is 0. The maximum Gasteiger partial charge on any atom is 0.152 e. The SMILES string of the molecule is CC1CCCC(CN)(Nc2nccn3nccc23)C1. The van der Waals surface area contributed by atoms with Crippen molar-refractivity contribution in [2.45, 2.75) is 38.1 Å². The third-order valence-corrected chi connectivity index (χ3v) is 4.19. The summed E-state index contributed by atoms with van der Waals surface area (Å²) in [6.07, 6.45) is 10.2. The Morgan fingerprint density at radius 2 is 2.42 bits per heavy atom. The maximum absolute atomic E-state index is 6.05. The zero-order chi connectivity index (χ0) is 13.3. The number of hydrogen-bond acceptors (Lipinski definition) is 4. The first kappa shape index (κ1) is 12.4. The smallest absolute Gasteiger partial charge is 0.152 e. The van der Waals surface area contributed by atoms with E-state index < -0.39 is 0 Å². The molecule has 1 aliphatic carbocycles. The number of aromatic nitrogens is 3. The molecule has 1 fully saturated rings. The van der Waals surface area contributed by atoms with Crippen LogP contribution in [-0.4, -0.2) is 26.7 Å². The number of anilines is 1. The van der Waals surface area contributed by atoms with Crippen LogP contribution in [0.3, 0.4) is 0 Å². The van der Waals surface area contributed by atoms with Crippen molar-refractivity contribution in [2.24, 2.45) is 11.7 Å². The Balaban J connectivity index is 1.92. The molecular formula is C14H21N5. The molecule has 0 spiro atoms. The normalized spacial score (nSPS) is 27.6. The highest BCUT2D eigenvalue weighted by Crippen LogP contribution is 2.34. The van der Waals surface area contributed by atoms with Crippen LogP contribution in [0.4, 0.5) is 5.82 Å². The van der Waals surface area contributed by atoms with Gasteiger partial charge < -0.3 is 11.1 Å². The highest BCUT2D eigenvalue weighted by Gasteiger charge is 2.34. The van der Waals surface area contributed by atoms with E-state index in [1.165, 1.54) is 12.8 Å². The van der Waals surface area contributed by atoms with Crippen LogP contribution in [0, 0.1) is 5.92 Å². The van der Waals surface area contributed by atoms with Gasteiger partial charge in [-0.15, -0.1) is 0 Å². The number of fused-ring (bicyclic) bond motifs is 1. The Labute approximate surface area is 113 Å². The highest BCUT2D eigenvalue weighted by atomic mass is 15.2. The summed E-state index contributed by atoms with van der Waals surface area (Å²) in [7, 11) is 0. The van der Waals surface area contributed by atoms with Crippen molar-refractivity contribution >= 4 is 11.3 Å². The largest absolute Gasteiger partial charge is 0.362 e. The predicted molar refractivity (Wildman–Crippen MR) is 76.0 cm³/mol. The molecule has 2 aromatic rings. The first-order valence-electron chi connectivity index (χ1n) is 6.99. The van der Waals surface area contributed by atoms with E-state index in [1.54, 1.807) is 12.4 Å². The second kappa shape index (κ2) is 4.81. The van der Waals surface area contributed by atoms with Gasteiger partial charge in [0.25, 0.3) is 0 Å². The summed E-state index contributed by atoms with van der Waals surface area (Å²) in [5, 5.41) is 7.85. The number of nitrogens with one attached hydrogen (secondary N) is 1. The van der Waals surface area contributed by atoms with Gasteiger partial charge in [-0.1, -0.05) is 19.8 Å². The molecule has 3 N–H and O–H groups in total. The molecule has 2 heterocycles. The van der Waals surface area contributed by atoms with Crippen LogP contribution in [0.25, 0.3) is 5.52 Å². The van der Waals surface area contributed by atoms with E-state index in [1.807, 2.05) is 16.8 Å². The average molecular weight is 259 g/mol. The van der Waals surface area contributed by atoms with E-state index in [0.29, 0.717) is 6.54 Å². The quantitative estimate of drug-likeness (QED) is 0.885. The Hall–Kier alpha value is -1.62. The Kier molecular flexibility index (Phi) is 3.14. The third-order valence-electron chi connectivity index (χ3n) is 4.19. The van der Waals surface area contributed by atoms with Gasteiger partial charge in [-0.3, -0.25) is 0 Å². The monoisotopic (exact) mass is 259 g/mol.